The molecular formula is C24H34N4O2Si. The first-order valence-electron chi connectivity index (χ1n) is 10.8. The summed E-state index contributed by atoms with van der Waals surface area (Å²) < 4.78 is 9.94. The molecule has 0 fully saturated rings. The Morgan fingerprint density at radius 3 is 2.58 bits per heavy atom. The van der Waals surface area contributed by atoms with Gasteiger partial charge in [-0.05, 0) is 45.7 Å². The highest BCUT2D eigenvalue weighted by atomic mass is 28.3. The zero-order valence-corrected chi connectivity index (χ0v) is 20.8. The smallest absolute Gasteiger partial charge is 0.139 e. The highest BCUT2D eigenvalue weighted by molar-refractivity contribution is 6.76. The second kappa shape index (κ2) is 8.99. The number of pyridine rings is 1. The Morgan fingerprint density at radius 1 is 1.19 bits per heavy atom. The van der Waals surface area contributed by atoms with Crippen LogP contribution in [-0.2, 0) is 18.0 Å². The van der Waals surface area contributed by atoms with Gasteiger partial charge in [-0.15, -0.1) is 0 Å². The third-order valence-electron chi connectivity index (χ3n) is 5.06. The summed E-state index contributed by atoms with van der Waals surface area (Å²) in [5.74, 6) is 5.83. The lowest BCUT2D eigenvalue weighted by molar-refractivity contribution is 0.0784. The first-order valence-corrected chi connectivity index (χ1v) is 14.5. The van der Waals surface area contributed by atoms with Crippen molar-refractivity contribution < 1.29 is 9.84 Å². The fraction of sp³-hybridized carbons (Fsp3) is 0.500. The molecule has 1 N–H and O–H groups in total. The minimum absolute atomic E-state index is 0.460. The number of ether oxygens (including phenoxy) is 1. The molecule has 0 aliphatic rings. The fourth-order valence-electron chi connectivity index (χ4n) is 3.33. The van der Waals surface area contributed by atoms with Crippen LogP contribution in [0.5, 0.6) is 0 Å². The van der Waals surface area contributed by atoms with Crippen LogP contribution in [-0.4, -0.2) is 44.7 Å². The monoisotopic (exact) mass is 438 g/mol. The third-order valence-corrected chi connectivity index (χ3v) is 6.77. The minimum Gasteiger partial charge on any atom is -0.378 e. The molecule has 0 saturated carbocycles. The van der Waals surface area contributed by atoms with Crippen molar-refractivity contribution in [2.24, 2.45) is 0 Å². The van der Waals surface area contributed by atoms with Gasteiger partial charge in [0.1, 0.15) is 18.0 Å². The molecule has 0 amide bonds. The molecule has 0 spiro atoms. The maximum absolute atomic E-state index is 9.91. The Morgan fingerprint density at radius 2 is 1.94 bits per heavy atom. The Bertz CT molecular complexity index is 1120. The quantitative estimate of drug-likeness (QED) is 0.331. The molecule has 7 heteroatoms. The van der Waals surface area contributed by atoms with Gasteiger partial charge in [0.05, 0.1) is 17.4 Å². The minimum atomic E-state index is -1.10. The van der Waals surface area contributed by atoms with Gasteiger partial charge in [-0.2, -0.15) is 5.10 Å². The maximum atomic E-state index is 9.91. The Labute approximate surface area is 186 Å². The molecule has 3 aromatic heterocycles. The van der Waals surface area contributed by atoms with Crippen molar-refractivity contribution in [1.82, 2.24) is 19.3 Å². The lowest BCUT2D eigenvalue weighted by Gasteiger charge is -2.15. The van der Waals surface area contributed by atoms with E-state index in [1.807, 2.05) is 23.9 Å². The fourth-order valence-corrected chi connectivity index (χ4v) is 4.09. The summed E-state index contributed by atoms with van der Waals surface area (Å²) in [5.41, 5.74) is 3.80. The number of hydrogen-bond acceptors (Lipinski definition) is 4. The van der Waals surface area contributed by atoms with Gasteiger partial charge in [0.25, 0.3) is 0 Å². The molecule has 0 aliphatic heterocycles. The predicted molar refractivity (Wildman–Crippen MR) is 129 cm³/mol. The van der Waals surface area contributed by atoms with Gasteiger partial charge in [-0.1, -0.05) is 25.6 Å². The van der Waals surface area contributed by atoms with Crippen molar-refractivity contribution in [2.75, 3.05) is 6.61 Å². The van der Waals surface area contributed by atoms with Crippen LogP contribution in [0.4, 0.5) is 0 Å². The molecule has 0 aromatic carbocycles. The summed E-state index contributed by atoms with van der Waals surface area (Å²) in [4.78, 5) is 4.48. The first-order chi connectivity index (χ1) is 14.5. The van der Waals surface area contributed by atoms with Crippen LogP contribution in [0.2, 0.25) is 25.7 Å². The van der Waals surface area contributed by atoms with Gasteiger partial charge in [-0.25, -0.2) is 9.67 Å². The van der Waals surface area contributed by atoms with Crippen molar-refractivity contribution in [3.05, 3.63) is 36.0 Å². The number of aryl methyl sites for hydroxylation is 2. The van der Waals surface area contributed by atoms with Crippen LogP contribution in [0.25, 0.3) is 22.0 Å². The molecule has 3 aromatic rings. The number of fused-ring (bicyclic) bond motifs is 1. The van der Waals surface area contributed by atoms with Crippen molar-refractivity contribution >= 4 is 19.0 Å². The molecule has 0 unspecified atom stereocenters. The van der Waals surface area contributed by atoms with E-state index in [-0.39, 0.29) is 0 Å². The van der Waals surface area contributed by atoms with Crippen LogP contribution >= 0.6 is 0 Å². The van der Waals surface area contributed by atoms with E-state index < -0.39 is 13.7 Å². The van der Waals surface area contributed by atoms with Gasteiger partial charge < -0.3 is 14.4 Å². The third kappa shape index (κ3) is 6.07. The van der Waals surface area contributed by atoms with E-state index >= 15 is 0 Å². The van der Waals surface area contributed by atoms with Crippen LogP contribution in [0.3, 0.4) is 0 Å². The topological polar surface area (TPSA) is 65.1 Å². The molecular weight excluding hydrogens is 404 g/mol. The predicted octanol–water partition coefficient (Wildman–Crippen LogP) is 4.66. The zero-order chi connectivity index (χ0) is 22.8. The standard InChI is InChI=1S/C24H34N4O2Si/c1-8-27-15-22(20-13-19(25-14-23(20)27)9-10-24(3,4)29)21-16-28(26-18(21)2)17-30-11-12-31(5,6)7/h13-16,29H,8,11-12,17H2,1-7H3. The van der Waals surface area contributed by atoms with Crippen molar-refractivity contribution in [1.29, 1.82) is 0 Å². The normalized spacial score (nSPS) is 12.3. The number of aromatic nitrogens is 4. The second-order valence-electron chi connectivity index (χ2n) is 9.74. The summed E-state index contributed by atoms with van der Waals surface area (Å²) in [5, 5.41) is 15.7. The first kappa shape index (κ1) is 23.3. The Hall–Kier alpha value is -2.40. The van der Waals surface area contributed by atoms with Gasteiger partial charge in [0.2, 0.25) is 0 Å². The van der Waals surface area contributed by atoms with E-state index in [0.717, 1.165) is 46.9 Å². The van der Waals surface area contributed by atoms with Gasteiger partial charge in [0, 0.05) is 50.1 Å². The molecule has 0 bridgehead atoms. The average Bonchev–Trinajstić information content (AvgIpc) is 3.21. The van der Waals surface area contributed by atoms with E-state index in [1.165, 1.54) is 0 Å². The molecule has 0 atom stereocenters. The Balaban J connectivity index is 1.92. The molecule has 166 valence electrons. The molecule has 3 heterocycles. The van der Waals surface area contributed by atoms with E-state index in [2.05, 4.69) is 65.4 Å². The highest BCUT2D eigenvalue weighted by Crippen LogP contribution is 2.32. The van der Waals surface area contributed by atoms with E-state index in [0.29, 0.717) is 12.4 Å². The molecule has 31 heavy (non-hydrogen) atoms. The zero-order valence-electron chi connectivity index (χ0n) is 19.8. The average molecular weight is 439 g/mol. The maximum Gasteiger partial charge on any atom is 0.139 e. The van der Waals surface area contributed by atoms with E-state index in [1.54, 1.807) is 13.8 Å². The summed E-state index contributed by atoms with van der Waals surface area (Å²) in [6.45, 7) is 16.6. The lowest BCUT2D eigenvalue weighted by Crippen LogP contribution is -2.22. The van der Waals surface area contributed by atoms with Crippen LogP contribution in [0, 0.1) is 18.8 Å². The van der Waals surface area contributed by atoms with Crippen LogP contribution in [0.1, 0.15) is 32.2 Å². The van der Waals surface area contributed by atoms with E-state index in [9.17, 15) is 5.11 Å². The SMILES string of the molecule is CCn1cc(-c2cn(COCC[Si](C)(C)C)nc2C)c2cc(C#CC(C)(C)O)ncc21. The molecule has 0 saturated heterocycles. The molecule has 6 nitrogen and oxygen atoms in total. The number of hydrogen-bond donors (Lipinski definition) is 1. The largest absolute Gasteiger partial charge is 0.378 e. The van der Waals surface area contributed by atoms with Crippen molar-refractivity contribution in [2.45, 2.75) is 72.3 Å². The number of aliphatic hydroxyl groups is 1. The van der Waals surface area contributed by atoms with Gasteiger partial charge in [-0.3, -0.25) is 0 Å². The second-order valence-corrected chi connectivity index (χ2v) is 15.4. The highest BCUT2D eigenvalue weighted by Gasteiger charge is 2.16. The molecule has 0 radical (unpaired) electrons. The number of rotatable bonds is 7. The summed E-state index contributed by atoms with van der Waals surface area (Å²) in [6.07, 6.45) is 6.07. The molecule has 0 aliphatic carbocycles. The molecule has 3 rings (SSSR count). The van der Waals surface area contributed by atoms with Gasteiger partial charge in [0.15, 0.2) is 0 Å². The van der Waals surface area contributed by atoms with Crippen molar-refractivity contribution in [3.63, 3.8) is 0 Å². The lowest BCUT2D eigenvalue weighted by atomic mass is 10.1. The Kier molecular flexibility index (Phi) is 6.75. The van der Waals surface area contributed by atoms with Gasteiger partial charge >= 0.3 is 0 Å². The number of nitrogens with zero attached hydrogens (tertiary/aromatic N) is 4. The van der Waals surface area contributed by atoms with Crippen molar-refractivity contribution in [3.8, 4) is 23.0 Å². The van der Waals surface area contributed by atoms with Crippen LogP contribution < -0.4 is 0 Å². The summed E-state index contributed by atoms with van der Waals surface area (Å²) in [6, 6.07) is 3.14. The van der Waals surface area contributed by atoms with Crippen LogP contribution in [0.15, 0.2) is 24.7 Å². The van der Waals surface area contributed by atoms with E-state index in [4.69, 9.17) is 4.74 Å². The summed E-state index contributed by atoms with van der Waals surface area (Å²) >= 11 is 0. The summed E-state index contributed by atoms with van der Waals surface area (Å²) in [7, 11) is -1.10.